The Morgan fingerprint density at radius 1 is 1.40 bits per heavy atom. The molecule has 110 valence electrons. The number of pyridine rings is 1. The number of fused-ring (bicyclic) bond motifs is 1. The van der Waals surface area contributed by atoms with E-state index in [9.17, 15) is 9.59 Å². The van der Waals surface area contributed by atoms with Gasteiger partial charge in [-0.25, -0.2) is 0 Å². The number of halogens is 1. The summed E-state index contributed by atoms with van der Waals surface area (Å²) in [7, 11) is 1.65. The molecule has 4 nitrogen and oxygen atoms in total. The second-order valence-electron chi connectivity index (χ2n) is 5.18. The van der Waals surface area contributed by atoms with Gasteiger partial charge in [0.15, 0.2) is 0 Å². The fourth-order valence-electron chi connectivity index (χ4n) is 2.82. The highest BCUT2D eigenvalue weighted by molar-refractivity contribution is 6.63. The van der Waals surface area contributed by atoms with E-state index >= 15 is 0 Å². The van der Waals surface area contributed by atoms with E-state index < -0.39 is 5.24 Å². The van der Waals surface area contributed by atoms with E-state index in [1.54, 1.807) is 7.11 Å². The van der Waals surface area contributed by atoms with Crippen molar-refractivity contribution in [2.24, 2.45) is 0 Å². The molecule has 0 bridgehead atoms. The van der Waals surface area contributed by atoms with Crippen molar-refractivity contribution in [1.29, 1.82) is 0 Å². The van der Waals surface area contributed by atoms with Gasteiger partial charge in [-0.05, 0) is 55.3 Å². The van der Waals surface area contributed by atoms with Crippen LogP contribution in [0.3, 0.4) is 0 Å². The fraction of sp³-hybridized carbons (Fsp3) is 0.600. The Kier molecular flexibility index (Phi) is 5.38. The lowest BCUT2D eigenvalue weighted by atomic mass is 9.94. The van der Waals surface area contributed by atoms with Crippen molar-refractivity contribution in [1.82, 2.24) is 4.57 Å². The maximum Gasteiger partial charge on any atom is 0.254 e. The topological polar surface area (TPSA) is 48.3 Å². The minimum atomic E-state index is -0.485. The molecule has 5 heteroatoms. The third kappa shape index (κ3) is 3.49. The average Bonchev–Trinajstić information content (AvgIpc) is 2.42. The van der Waals surface area contributed by atoms with Crippen LogP contribution in [0.2, 0.25) is 0 Å². The van der Waals surface area contributed by atoms with E-state index in [0.29, 0.717) is 18.7 Å². The fourth-order valence-corrected chi connectivity index (χ4v) is 2.97. The third-order valence-electron chi connectivity index (χ3n) is 3.73. The van der Waals surface area contributed by atoms with E-state index in [4.69, 9.17) is 16.3 Å². The molecule has 0 aliphatic heterocycles. The van der Waals surface area contributed by atoms with Crippen LogP contribution in [0, 0.1) is 0 Å². The lowest BCUT2D eigenvalue weighted by molar-refractivity contribution is -0.111. The number of aryl methyl sites for hydroxylation is 1. The van der Waals surface area contributed by atoms with Gasteiger partial charge in [0.2, 0.25) is 5.24 Å². The number of hydrogen-bond donors (Lipinski definition) is 0. The van der Waals surface area contributed by atoms with Crippen LogP contribution in [0.1, 0.15) is 36.1 Å². The SMILES string of the molecule is COCCCn1c2c(cc(CC(=O)Cl)c1=O)CCCC2. The van der Waals surface area contributed by atoms with Crippen LogP contribution < -0.4 is 5.56 Å². The Labute approximate surface area is 123 Å². The highest BCUT2D eigenvalue weighted by Gasteiger charge is 2.18. The second-order valence-corrected chi connectivity index (χ2v) is 5.61. The molecule has 0 saturated heterocycles. The van der Waals surface area contributed by atoms with Crippen molar-refractivity contribution in [2.75, 3.05) is 13.7 Å². The van der Waals surface area contributed by atoms with Gasteiger partial charge in [-0.3, -0.25) is 9.59 Å². The van der Waals surface area contributed by atoms with Gasteiger partial charge in [0.25, 0.3) is 5.56 Å². The van der Waals surface area contributed by atoms with Crippen molar-refractivity contribution in [3.05, 3.63) is 33.2 Å². The summed E-state index contributed by atoms with van der Waals surface area (Å²) in [6.07, 6.45) is 4.97. The molecule has 0 aromatic carbocycles. The van der Waals surface area contributed by atoms with Gasteiger partial charge >= 0.3 is 0 Å². The number of hydrogen-bond acceptors (Lipinski definition) is 3. The maximum atomic E-state index is 12.5. The van der Waals surface area contributed by atoms with Gasteiger partial charge in [-0.1, -0.05) is 0 Å². The smallest absolute Gasteiger partial charge is 0.254 e. The second kappa shape index (κ2) is 7.04. The van der Waals surface area contributed by atoms with Gasteiger partial charge < -0.3 is 9.30 Å². The molecule has 0 N–H and O–H groups in total. The Balaban J connectivity index is 2.39. The Morgan fingerprint density at radius 2 is 2.15 bits per heavy atom. The van der Waals surface area contributed by atoms with Crippen LogP contribution in [0.15, 0.2) is 10.9 Å². The number of nitrogens with zero attached hydrogens (tertiary/aromatic N) is 1. The van der Waals surface area contributed by atoms with Gasteiger partial charge in [-0.2, -0.15) is 0 Å². The first-order valence-electron chi connectivity index (χ1n) is 7.05. The maximum absolute atomic E-state index is 12.5. The molecule has 0 saturated carbocycles. The monoisotopic (exact) mass is 297 g/mol. The van der Waals surface area contributed by atoms with Crippen molar-refractivity contribution in [2.45, 2.75) is 45.1 Å². The summed E-state index contributed by atoms with van der Waals surface area (Å²) in [6.45, 7) is 1.26. The molecule has 0 fully saturated rings. The van der Waals surface area contributed by atoms with E-state index in [-0.39, 0.29) is 12.0 Å². The Morgan fingerprint density at radius 3 is 2.85 bits per heavy atom. The summed E-state index contributed by atoms with van der Waals surface area (Å²) in [6, 6.07) is 1.88. The largest absolute Gasteiger partial charge is 0.385 e. The van der Waals surface area contributed by atoms with Crippen molar-refractivity contribution < 1.29 is 9.53 Å². The molecule has 2 rings (SSSR count). The van der Waals surface area contributed by atoms with Crippen LogP contribution in [0.5, 0.6) is 0 Å². The predicted octanol–water partition coefficient (Wildman–Crippen LogP) is 2.07. The van der Waals surface area contributed by atoms with Crippen molar-refractivity contribution >= 4 is 16.8 Å². The highest BCUT2D eigenvalue weighted by atomic mass is 35.5. The molecule has 20 heavy (non-hydrogen) atoms. The Bertz CT molecular complexity index is 551. The summed E-state index contributed by atoms with van der Waals surface area (Å²) < 4.78 is 6.87. The van der Waals surface area contributed by atoms with Crippen LogP contribution in [-0.2, 0) is 35.3 Å². The summed E-state index contributed by atoms with van der Waals surface area (Å²) in [5.74, 6) is 0. The zero-order valence-corrected chi connectivity index (χ0v) is 12.5. The first kappa shape index (κ1) is 15.3. The third-order valence-corrected chi connectivity index (χ3v) is 3.87. The number of methoxy groups -OCH3 is 1. The lowest BCUT2D eigenvalue weighted by Crippen LogP contribution is -2.30. The molecule has 0 unspecified atom stereocenters. The van der Waals surface area contributed by atoms with Gasteiger partial charge in [0.1, 0.15) is 0 Å². The number of carbonyl (C=O) groups excluding carboxylic acids is 1. The van der Waals surface area contributed by atoms with Crippen LogP contribution in [-0.4, -0.2) is 23.5 Å². The van der Waals surface area contributed by atoms with Crippen LogP contribution in [0.4, 0.5) is 0 Å². The predicted molar refractivity (Wildman–Crippen MR) is 78.4 cm³/mol. The zero-order valence-electron chi connectivity index (χ0n) is 11.8. The summed E-state index contributed by atoms with van der Waals surface area (Å²) in [4.78, 5) is 23.6. The normalized spacial score (nSPS) is 14.1. The minimum absolute atomic E-state index is 0.0119. The average molecular weight is 298 g/mol. The van der Waals surface area contributed by atoms with Gasteiger partial charge in [0, 0.05) is 31.5 Å². The number of ether oxygens (including phenoxy) is 1. The highest BCUT2D eigenvalue weighted by Crippen LogP contribution is 2.21. The van der Waals surface area contributed by atoms with E-state index in [1.165, 1.54) is 5.56 Å². The van der Waals surface area contributed by atoms with E-state index in [2.05, 4.69) is 0 Å². The van der Waals surface area contributed by atoms with Crippen molar-refractivity contribution in [3.8, 4) is 0 Å². The van der Waals surface area contributed by atoms with E-state index in [0.717, 1.165) is 37.8 Å². The summed E-state index contributed by atoms with van der Waals surface area (Å²) in [5.41, 5.74) is 2.77. The molecule has 1 aliphatic carbocycles. The molecule has 0 atom stereocenters. The molecule has 0 radical (unpaired) electrons. The lowest BCUT2D eigenvalue weighted by Gasteiger charge is -2.22. The Hall–Kier alpha value is -1.13. The summed E-state index contributed by atoms with van der Waals surface area (Å²) >= 11 is 5.44. The number of aromatic nitrogens is 1. The minimum Gasteiger partial charge on any atom is -0.385 e. The van der Waals surface area contributed by atoms with Gasteiger partial charge in [0.05, 0.1) is 6.42 Å². The zero-order chi connectivity index (χ0) is 14.5. The molecule has 1 aliphatic rings. The molecule has 0 spiro atoms. The quantitative estimate of drug-likeness (QED) is 0.596. The standard InChI is InChI=1S/C15H20ClNO3/c1-20-8-4-7-17-13-6-3-2-5-11(13)9-12(15(17)19)10-14(16)18/h9H,2-8,10H2,1H3. The molecule has 1 heterocycles. The van der Waals surface area contributed by atoms with Crippen molar-refractivity contribution in [3.63, 3.8) is 0 Å². The van der Waals surface area contributed by atoms with Crippen LogP contribution in [0.25, 0.3) is 0 Å². The van der Waals surface area contributed by atoms with Gasteiger partial charge in [-0.15, -0.1) is 0 Å². The van der Waals surface area contributed by atoms with Crippen LogP contribution >= 0.6 is 11.6 Å². The summed E-state index contributed by atoms with van der Waals surface area (Å²) in [5, 5.41) is -0.485. The molecule has 1 aromatic heterocycles. The first-order valence-corrected chi connectivity index (χ1v) is 7.43. The van der Waals surface area contributed by atoms with E-state index in [1.807, 2.05) is 10.6 Å². The molecular formula is C15H20ClNO3. The first-order chi connectivity index (χ1) is 9.63. The number of rotatable bonds is 6. The molecule has 0 amide bonds. The number of carbonyl (C=O) groups is 1. The molecule has 1 aromatic rings. The molecular weight excluding hydrogens is 278 g/mol.